The third kappa shape index (κ3) is 3.27. The minimum atomic E-state index is 0.919. The molecule has 3 aliphatic carbocycles. The molecule has 116 valence electrons. The monoisotopic (exact) mass is 286 g/mol. The first-order valence-corrected chi connectivity index (χ1v) is 9.15. The van der Waals surface area contributed by atoms with Crippen molar-refractivity contribution in [1.29, 1.82) is 0 Å². The van der Waals surface area contributed by atoms with Gasteiger partial charge in [-0.25, -0.2) is 0 Å². The molecule has 1 heterocycles. The molecule has 0 N–H and O–H groups in total. The Kier molecular flexibility index (Phi) is 4.18. The number of nitrogens with zero attached hydrogens (tertiary/aromatic N) is 2. The molecule has 2 heteroatoms. The lowest BCUT2D eigenvalue weighted by molar-refractivity contribution is 0.0997. The molecular formula is C19H30N2. The second kappa shape index (κ2) is 6.26. The number of allylic oxidation sites excluding steroid dienone is 4. The summed E-state index contributed by atoms with van der Waals surface area (Å²) < 4.78 is 0. The minimum absolute atomic E-state index is 0.919. The summed E-state index contributed by atoms with van der Waals surface area (Å²) in [7, 11) is 0. The van der Waals surface area contributed by atoms with E-state index in [1.807, 2.05) is 0 Å². The number of fused-ring (bicyclic) bond motifs is 2. The van der Waals surface area contributed by atoms with Gasteiger partial charge in [-0.2, -0.15) is 0 Å². The first-order valence-electron chi connectivity index (χ1n) is 9.15. The summed E-state index contributed by atoms with van der Waals surface area (Å²) in [4.78, 5) is 5.47. The summed E-state index contributed by atoms with van der Waals surface area (Å²) >= 11 is 0. The zero-order valence-corrected chi connectivity index (χ0v) is 13.3. The van der Waals surface area contributed by atoms with Crippen molar-refractivity contribution in [2.45, 2.75) is 32.1 Å². The SMILES string of the molecule is C1=CC[C@@H](CN2CCN(C[C@H]3C[C@H]4C=C[C@H]3C4)CC2)CC1. The summed E-state index contributed by atoms with van der Waals surface area (Å²) in [5, 5.41) is 0. The highest BCUT2D eigenvalue weighted by molar-refractivity contribution is 5.10. The van der Waals surface area contributed by atoms with E-state index in [0.717, 1.165) is 23.7 Å². The third-order valence-electron chi connectivity index (χ3n) is 6.27. The molecule has 4 aliphatic rings. The second-order valence-corrected chi connectivity index (χ2v) is 7.79. The van der Waals surface area contributed by atoms with Gasteiger partial charge in [-0.05, 0) is 55.8 Å². The molecule has 0 aromatic carbocycles. The van der Waals surface area contributed by atoms with Crippen molar-refractivity contribution in [3.63, 3.8) is 0 Å². The van der Waals surface area contributed by atoms with Crippen LogP contribution in [0.1, 0.15) is 32.1 Å². The highest BCUT2D eigenvalue weighted by atomic mass is 15.3. The van der Waals surface area contributed by atoms with Crippen molar-refractivity contribution in [2.24, 2.45) is 23.7 Å². The van der Waals surface area contributed by atoms with Crippen LogP contribution in [0.25, 0.3) is 0 Å². The zero-order valence-electron chi connectivity index (χ0n) is 13.3. The van der Waals surface area contributed by atoms with Crippen LogP contribution < -0.4 is 0 Å². The molecule has 1 saturated carbocycles. The Morgan fingerprint density at radius 1 is 0.857 bits per heavy atom. The predicted molar refractivity (Wildman–Crippen MR) is 88.2 cm³/mol. The number of piperazine rings is 1. The summed E-state index contributed by atoms with van der Waals surface area (Å²) in [6.07, 6.45) is 16.7. The van der Waals surface area contributed by atoms with E-state index >= 15 is 0 Å². The average Bonchev–Trinajstić information content (AvgIpc) is 3.13. The molecule has 1 aliphatic heterocycles. The van der Waals surface area contributed by atoms with Crippen LogP contribution in [0.4, 0.5) is 0 Å². The fourth-order valence-electron chi connectivity index (χ4n) is 4.98. The van der Waals surface area contributed by atoms with Crippen molar-refractivity contribution in [3.05, 3.63) is 24.3 Å². The molecule has 21 heavy (non-hydrogen) atoms. The fourth-order valence-corrected chi connectivity index (χ4v) is 4.98. The van der Waals surface area contributed by atoms with Crippen LogP contribution in [-0.2, 0) is 0 Å². The Morgan fingerprint density at radius 2 is 1.67 bits per heavy atom. The van der Waals surface area contributed by atoms with Crippen molar-refractivity contribution in [1.82, 2.24) is 9.80 Å². The van der Waals surface area contributed by atoms with Crippen molar-refractivity contribution < 1.29 is 0 Å². The van der Waals surface area contributed by atoms with E-state index in [2.05, 4.69) is 34.1 Å². The van der Waals surface area contributed by atoms with Gasteiger partial charge in [-0.1, -0.05) is 24.3 Å². The van der Waals surface area contributed by atoms with Gasteiger partial charge in [0.05, 0.1) is 0 Å². The smallest absolute Gasteiger partial charge is 0.0110 e. The van der Waals surface area contributed by atoms with Crippen molar-refractivity contribution in [2.75, 3.05) is 39.3 Å². The normalized spacial score (nSPS) is 40.2. The number of hydrogen-bond acceptors (Lipinski definition) is 2. The van der Waals surface area contributed by atoms with E-state index in [4.69, 9.17) is 0 Å². The quantitative estimate of drug-likeness (QED) is 0.732. The van der Waals surface area contributed by atoms with Gasteiger partial charge in [-0.3, -0.25) is 0 Å². The van der Waals surface area contributed by atoms with E-state index in [1.165, 1.54) is 71.4 Å². The van der Waals surface area contributed by atoms with Gasteiger partial charge in [0.25, 0.3) is 0 Å². The standard InChI is InChI=1S/C19H30N2/c1-2-4-16(5-3-1)14-20-8-10-21(11-9-20)15-19-13-17-6-7-18(19)12-17/h1-2,6-7,16-19H,3-5,8-15H2/t16-,17+,18+,19-/m1/s1. The first-order chi connectivity index (χ1) is 10.4. The molecule has 0 aromatic heterocycles. The molecule has 1 saturated heterocycles. The van der Waals surface area contributed by atoms with Crippen LogP contribution in [0.2, 0.25) is 0 Å². The summed E-state index contributed by atoms with van der Waals surface area (Å²) in [6.45, 7) is 7.93. The highest BCUT2D eigenvalue weighted by Gasteiger charge is 2.36. The molecule has 2 nitrogen and oxygen atoms in total. The Hall–Kier alpha value is -0.600. The lowest BCUT2D eigenvalue weighted by Gasteiger charge is -2.38. The topological polar surface area (TPSA) is 6.48 Å². The Labute approximate surface area is 129 Å². The van der Waals surface area contributed by atoms with E-state index in [-0.39, 0.29) is 0 Å². The summed E-state index contributed by atoms with van der Waals surface area (Å²) in [5.74, 6) is 3.75. The van der Waals surface area contributed by atoms with Gasteiger partial charge in [0.15, 0.2) is 0 Å². The molecule has 2 fully saturated rings. The molecule has 0 unspecified atom stereocenters. The predicted octanol–water partition coefficient (Wildman–Crippen LogP) is 3.17. The minimum Gasteiger partial charge on any atom is -0.301 e. The number of rotatable bonds is 4. The van der Waals surface area contributed by atoms with E-state index < -0.39 is 0 Å². The maximum Gasteiger partial charge on any atom is 0.0110 e. The molecule has 0 spiro atoms. The lowest BCUT2D eigenvalue weighted by Crippen LogP contribution is -2.49. The van der Waals surface area contributed by atoms with Crippen LogP contribution in [0, 0.1) is 23.7 Å². The van der Waals surface area contributed by atoms with Crippen LogP contribution in [0.3, 0.4) is 0 Å². The zero-order chi connectivity index (χ0) is 14.1. The molecule has 0 amide bonds. The molecule has 4 atom stereocenters. The van der Waals surface area contributed by atoms with Crippen molar-refractivity contribution >= 4 is 0 Å². The second-order valence-electron chi connectivity index (χ2n) is 7.79. The molecule has 0 aromatic rings. The van der Waals surface area contributed by atoms with Gasteiger partial charge in [0.2, 0.25) is 0 Å². The van der Waals surface area contributed by atoms with Gasteiger partial charge >= 0.3 is 0 Å². The average molecular weight is 286 g/mol. The molecule has 4 rings (SSSR count). The molecule has 0 radical (unpaired) electrons. The molecular weight excluding hydrogens is 256 g/mol. The van der Waals surface area contributed by atoms with Crippen LogP contribution in [-0.4, -0.2) is 49.1 Å². The Morgan fingerprint density at radius 3 is 2.29 bits per heavy atom. The van der Waals surface area contributed by atoms with E-state index in [0.29, 0.717) is 0 Å². The highest BCUT2D eigenvalue weighted by Crippen LogP contribution is 2.43. The maximum atomic E-state index is 2.75. The van der Waals surface area contributed by atoms with Gasteiger partial charge < -0.3 is 9.80 Å². The van der Waals surface area contributed by atoms with Crippen LogP contribution in [0.5, 0.6) is 0 Å². The summed E-state index contributed by atoms with van der Waals surface area (Å²) in [5.41, 5.74) is 0. The first kappa shape index (κ1) is 14.0. The maximum absolute atomic E-state index is 2.75. The number of hydrogen-bond donors (Lipinski definition) is 0. The van der Waals surface area contributed by atoms with E-state index in [9.17, 15) is 0 Å². The fraction of sp³-hybridized carbons (Fsp3) is 0.789. The molecule has 2 bridgehead atoms. The van der Waals surface area contributed by atoms with E-state index in [1.54, 1.807) is 0 Å². The third-order valence-corrected chi connectivity index (χ3v) is 6.27. The van der Waals surface area contributed by atoms with Crippen molar-refractivity contribution in [3.8, 4) is 0 Å². The van der Waals surface area contributed by atoms with Gasteiger partial charge in [0, 0.05) is 39.3 Å². The van der Waals surface area contributed by atoms with Gasteiger partial charge in [-0.15, -0.1) is 0 Å². The Bertz CT molecular complexity index is 406. The Balaban J connectivity index is 1.20. The summed E-state index contributed by atoms with van der Waals surface area (Å²) in [6, 6.07) is 0. The largest absolute Gasteiger partial charge is 0.301 e. The van der Waals surface area contributed by atoms with Crippen LogP contribution >= 0.6 is 0 Å². The van der Waals surface area contributed by atoms with Gasteiger partial charge in [0.1, 0.15) is 0 Å². The van der Waals surface area contributed by atoms with Crippen LogP contribution in [0.15, 0.2) is 24.3 Å². The lowest BCUT2D eigenvalue weighted by atomic mass is 9.92.